The molecule has 10 heteroatoms. The van der Waals surface area contributed by atoms with Gasteiger partial charge in [-0.2, -0.15) is 0 Å². The van der Waals surface area contributed by atoms with Crippen molar-refractivity contribution in [3.63, 3.8) is 0 Å². The molecule has 0 radical (unpaired) electrons. The first kappa shape index (κ1) is 19.7. The number of halogens is 1. The molecule has 1 aromatic heterocycles. The molecule has 0 bridgehead atoms. The highest BCUT2D eigenvalue weighted by atomic mass is 79.9. The summed E-state index contributed by atoms with van der Waals surface area (Å²) in [6.07, 6.45) is 4.61. The molecule has 0 saturated heterocycles. The number of nitrogens with one attached hydrogen (secondary N) is 1. The van der Waals surface area contributed by atoms with E-state index < -0.39 is 21.3 Å². The van der Waals surface area contributed by atoms with Crippen LogP contribution in [0.15, 0.2) is 26.3 Å². The van der Waals surface area contributed by atoms with E-state index in [1.807, 2.05) is 0 Å². The molecular formula is C18H23BrN4O4S. The number of fused-ring (bicyclic) bond motifs is 1. The van der Waals surface area contributed by atoms with Crippen molar-refractivity contribution in [1.82, 2.24) is 13.9 Å². The van der Waals surface area contributed by atoms with Gasteiger partial charge in [0, 0.05) is 25.1 Å². The summed E-state index contributed by atoms with van der Waals surface area (Å²) < 4.78 is 31.2. The third-order valence-corrected chi connectivity index (χ3v) is 8.85. The number of nitrogens with two attached hydrogens (primary N) is 1. The molecule has 0 unspecified atom stereocenters. The Morgan fingerprint density at radius 2 is 1.79 bits per heavy atom. The van der Waals surface area contributed by atoms with Crippen LogP contribution in [0.2, 0.25) is 0 Å². The van der Waals surface area contributed by atoms with Crippen molar-refractivity contribution in [2.75, 3.05) is 6.54 Å². The fourth-order valence-corrected chi connectivity index (χ4v) is 6.93. The van der Waals surface area contributed by atoms with Crippen molar-refractivity contribution in [2.24, 2.45) is 30.7 Å². The Labute approximate surface area is 171 Å². The van der Waals surface area contributed by atoms with Gasteiger partial charge in [-0.1, -0.05) is 6.42 Å². The van der Waals surface area contributed by atoms with Gasteiger partial charge in [-0.25, -0.2) is 17.9 Å². The second kappa shape index (κ2) is 6.17. The Hall–Kier alpha value is -1.65. The van der Waals surface area contributed by atoms with E-state index in [-0.39, 0.29) is 27.0 Å². The van der Waals surface area contributed by atoms with Gasteiger partial charge in [0.05, 0.1) is 16.4 Å². The largest absolute Gasteiger partial charge is 0.329 e. The molecule has 2 aliphatic rings. The molecule has 2 aliphatic carbocycles. The molecule has 2 aromatic rings. The van der Waals surface area contributed by atoms with Crippen LogP contribution in [0.4, 0.5) is 0 Å². The van der Waals surface area contributed by atoms with Crippen LogP contribution >= 0.6 is 15.9 Å². The standard InChI is InChI=1S/C18H23BrN4O4S/c1-22-12-6-11(19)14(7-13(12)23(2)16(22)25)28(26,27)21-15(24)18(10-20)8-17(9-18)4-3-5-17/h6-7H,3-5,8-10,20H2,1-2H3,(H,21,24). The number of aryl methyl sites for hydroxylation is 2. The minimum atomic E-state index is -4.12. The van der Waals surface area contributed by atoms with Crippen LogP contribution in [0.5, 0.6) is 0 Å². The molecule has 0 aliphatic heterocycles. The first-order valence-electron chi connectivity index (χ1n) is 9.17. The lowest BCUT2D eigenvalue weighted by molar-refractivity contribution is -0.152. The minimum absolute atomic E-state index is 0.0839. The maximum Gasteiger partial charge on any atom is 0.328 e. The van der Waals surface area contributed by atoms with Crippen LogP contribution in [-0.2, 0) is 28.9 Å². The first-order valence-corrected chi connectivity index (χ1v) is 11.4. The first-order chi connectivity index (χ1) is 13.0. The van der Waals surface area contributed by atoms with Gasteiger partial charge in [0.1, 0.15) is 4.90 Å². The van der Waals surface area contributed by atoms with Crippen molar-refractivity contribution in [3.05, 3.63) is 27.1 Å². The van der Waals surface area contributed by atoms with Crippen LogP contribution in [0.1, 0.15) is 32.1 Å². The lowest BCUT2D eigenvalue weighted by atomic mass is 9.45. The van der Waals surface area contributed by atoms with E-state index in [9.17, 15) is 18.0 Å². The van der Waals surface area contributed by atoms with Crippen LogP contribution < -0.4 is 16.1 Å². The number of rotatable bonds is 4. The average molecular weight is 471 g/mol. The van der Waals surface area contributed by atoms with Gasteiger partial charge < -0.3 is 5.73 Å². The van der Waals surface area contributed by atoms with Crippen molar-refractivity contribution in [1.29, 1.82) is 0 Å². The van der Waals surface area contributed by atoms with Gasteiger partial charge in [-0.3, -0.25) is 13.9 Å². The van der Waals surface area contributed by atoms with Gasteiger partial charge in [-0.05, 0) is 59.2 Å². The molecule has 1 heterocycles. The molecular weight excluding hydrogens is 448 g/mol. The Balaban J connectivity index is 1.67. The van der Waals surface area contributed by atoms with E-state index in [1.165, 1.54) is 15.2 Å². The van der Waals surface area contributed by atoms with E-state index in [1.54, 1.807) is 20.2 Å². The fourth-order valence-electron chi connectivity index (χ4n) is 4.80. The van der Waals surface area contributed by atoms with Crippen molar-refractivity contribution >= 4 is 42.9 Å². The van der Waals surface area contributed by atoms with Crippen molar-refractivity contribution < 1.29 is 13.2 Å². The number of amides is 1. The van der Waals surface area contributed by atoms with Crippen molar-refractivity contribution in [2.45, 2.75) is 37.0 Å². The summed E-state index contributed by atoms with van der Waals surface area (Å²) in [5, 5.41) is 0. The molecule has 152 valence electrons. The third-order valence-electron chi connectivity index (χ3n) is 6.56. The summed E-state index contributed by atoms with van der Waals surface area (Å²) in [7, 11) is -0.935. The maximum absolute atomic E-state index is 13.0. The molecule has 4 rings (SSSR count). The predicted molar refractivity (Wildman–Crippen MR) is 108 cm³/mol. The fraction of sp³-hybridized carbons (Fsp3) is 0.556. The van der Waals surface area contributed by atoms with Gasteiger partial charge in [0.15, 0.2) is 0 Å². The Bertz CT molecular complexity index is 1150. The number of carbonyl (C=O) groups is 1. The second-order valence-electron chi connectivity index (χ2n) is 8.30. The van der Waals surface area contributed by atoms with Gasteiger partial charge in [-0.15, -0.1) is 0 Å². The number of hydrogen-bond donors (Lipinski definition) is 2. The highest BCUT2D eigenvalue weighted by Crippen LogP contribution is 2.64. The summed E-state index contributed by atoms with van der Waals surface area (Å²) in [5.41, 5.74) is 6.03. The van der Waals surface area contributed by atoms with Crippen LogP contribution in [0, 0.1) is 10.8 Å². The van der Waals surface area contributed by atoms with Gasteiger partial charge >= 0.3 is 5.69 Å². The van der Waals surface area contributed by atoms with E-state index in [4.69, 9.17) is 5.73 Å². The lowest BCUT2D eigenvalue weighted by Crippen LogP contribution is -2.61. The zero-order chi connectivity index (χ0) is 20.5. The monoisotopic (exact) mass is 470 g/mol. The minimum Gasteiger partial charge on any atom is -0.329 e. The quantitative estimate of drug-likeness (QED) is 0.699. The number of sulfonamides is 1. The second-order valence-corrected chi connectivity index (χ2v) is 10.8. The van der Waals surface area contributed by atoms with Crippen LogP contribution in [0.3, 0.4) is 0 Å². The maximum atomic E-state index is 13.0. The Kier molecular flexibility index (Phi) is 4.33. The van der Waals surface area contributed by atoms with E-state index >= 15 is 0 Å². The Morgan fingerprint density at radius 1 is 1.21 bits per heavy atom. The zero-order valence-electron chi connectivity index (χ0n) is 15.8. The summed E-state index contributed by atoms with van der Waals surface area (Å²) in [6.45, 7) is 0.128. The average Bonchev–Trinajstić information content (AvgIpc) is 2.76. The number of benzene rings is 1. The van der Waals surface area contributed by atoms with E-state index in [2.05, 4.69) is 20.7 Å². The smallest absolute Gasteiger partial charge is 0.328 e. The van der Waals surface area contributed by atoms with Crippen molar-refractivity contribution in [3.8, 4) is 0 Å². The van der Waals surface area contributed by atoms with E-state index in [0.29, 0.717) is 23.9 Å². The number of imidazole rings is 1. The van der Waals surface area contributed by atoms with Crippen LogP contribution in [0.25, 0.3) is 11.0 Å². The van der Waals surface area contributed by atoms with Gasteiger partial charge in [0.25, 0.3) is 10.0 Å². The van der Waals surface area contributed by atoms with E-state index in [0.717, 1.165) is 19.3 Å². The number of hydrogen-bond acceptors (Lipinski definition) is 5. The summed E-state index contributed by atoms with van der Waals surface area (Å²) in [4.78, 5) is 24.9. The Morgan fingerprint density at radius 3 is 2.29 bits per heavy atom. The molecule has 8 nitrogen and oxygen atoms in total. The molecule has 1 aromatic carbocycles. The topological polar surface area (TPSA) is 116 Å². The summed E-state index contributed by atoms with van der Waals surface area (Å²) in [5.74, 6) is -0.540. The zero-order valence-corrected chi connectivity index (χ0v) is 18.2. The predicted octanol–water partition coefficient (Wildman–Crippen LogP) is 1.35. The molecule has 1 spiro atoms. The lowest BCUT2D eigenvalue weighted by Gasteiger charge is -2.59. The molecule has 28 heavy (non-hydrogen) atoms. The molecule has 2 fully saturated rings. The normalized spacial score (nSPS) is 20.0. The SMILES string of the molecule is Cn1c(=O)n(C)c2cc(S(=O)(=O)NC(=O)C3(CN)CC4(CCC4)C3)c(Br)cc21. The molecule has 1 amide bonds. The molecule has 3 N–H and O–H groups in total. The van der Waals surface area contributed by atoms with Gasteiger partial charge in [0.2, 0.25) is 5.91 Å². The highest BCUT2D eigenvalue weighted by Gasteiger charge is 2.60. The number of aromatic nitrogens is 2. The third kappa shape index (κ3) is 2.68. The summed E-state index contributed by atoms with van der Waals surface area (Å²) >= 11 is 3.27. The highest BCUT2D eigenvalue weighted by molar-refractivity contribution is 9.10. The number of nitrogens with zero attached hydrogens (tertiary/aromatic N) is 2. The molecule has 0 atom stereocenters. The number of carbonyl (C=O) groups excluding carboxylic acids is 1. The summed E-state index contributed by atoms with van der Waals surface area (Å²) in [6, 6.07) is 2.97. The van der Waals surface area contributed by atoms with Crippen LogP contribution in [-0.4, -0.2) is 30.0 Å². The molecule has 2 saturated carbocycles.